The van der Waals surface area contributed by atoms with E-state index in [0.717, 1.165) is 12.8 Å². The SMILES string of the molecule is O=C(NC1CCN(C(=O)CCCc2nc3ccccc3c(=O)[nH]2)CC1)c1ccccc1. The summed E-state index contributed by atoms with van der Waals surface area (Å²) in [5.74, 6) is 0.650. The van der Waals surface area contributed by atoms with Crippen molar-refractivity contribution in [3.05, 3.63) is 76.3 Å². The number of carbonyl (C=O) groups excluding carboxylic acids is 2. The van der Waals surface area contributed by atoms with Crippen molar-refractivity contribution in [3.63, 3.8) is 0 Å². The zero-order chi connectivity index (χ0) is 21.6. The smallest absolute Gasteiger partial charge is 0.258 e. The number of aryl methyl sites for hydroxylation is 1. The Balaban J connectivity index is 1.22. The third-order valence-electron chi connectivity index (χ3n) is 5.68. The fourth-order valence-electron chi connectivity index (χ4n) is 3.95. The van der Waals surface area contributed by atoms with Gasteiger partial charge in [-0.1, -0.05) is 30.3 Å². The molecule has 3 aromatic rings. The van der Waals surface area contributed by atoms with Gasteiger partial charge in [0.2, 0.25) is 5.91 Å². The predicted molar refractivity (Wildman–Crippen MR) is 119 cm³/mol. The summed E-state index contributed by atoms with van der Waals surface area (Å²) in [6.45, 7) is 1.28. The highest BCUT2D eigenvalue weighted by Crippen LogP contribution is 2.14. The van der Waals surface area contributed by atoms with Gasteiger partial charge in [-0.3, -0.25) is 14.4 Å². The number of carbonyl (C=O) groups is 2. The van der Waals surface area contributed by atoms with Crippen molar-refractivity contribution in [1.82, 2.24) is 20.2 Å². The molecule has 1 aliphatic rings. The molecule has 1 saturated heterocycles. The van der Waals surface area contributed by atoms with Gasteiger partial charge in [-0.2, -0.15) is 0 Å². The highest BCUT2D eigenvalue weighted by Gasteiger charge is 2.23. The molecule has 0 unspecified atom stereocenters. The van der Waals surface area contributed by atoms with E-state index in [0.29, 0.717) is 54.6 Å². The summed E-state index contributed by atoms with van der Waals surface area (Å²) in [4.78, 5) is 46.2. The second-order valence-corrected chi connectivity index (χ2v) is 7.88. The van der Waals surface area contributed by atoms with E-state index in [2.05, 4.69) is 15.3 Å². The summed E-state index contributed by atoms with van der Waals surface area (Å²) in [6.07, 6.45) is 3.10. The van der Waals surface area contributed by atoms with E-state index in [1.807, 2.05) is 41.3 Å². The number of fused-ring (bicyclic) bond motifs is 1. The Bertz CT molecular complexity index is 1120. The summed E-state index contributed by atoms with van der Waals surface area (Å²) in [5.41, 5.74) is 1.18. The van der Waals surface area contributed by atoms with Gasteiger partial charge in [0.1, 0.15) is 5.82 Å². The summed E-state index contributed by atoms with van der Waals surface area (Å²) >= 11 is 0. The fourth-order valence-corrected chi connectivity index (χ4v) is 3.95. The van der Waals surface area contributed by atoms with Crippen LogP contribution >= 0.6 is 0 Å². The second kappa shape index (κ2) is 9.55. The molecule has 0 bridgehead atoms. The van der Waals surface area contributed by atoms with Crippen LogP contribution < -0.4 is 10.9 Å². The summed E-state index contributed by atoms with van der Waals surface area (Å²) in [6, 6.07) is 16.5. The zero-order valence-electron chi connectivity index (χ0n) is 17.3. The summed E-state index contributed by atoms with van der Waals surface area (Å²) in [5, 5.41) is 3.63. The van der Waals surface area contributed by atoms with Gasteiger partial charge in [-0.25, -0.2) is 4.98 Å². The second-order valence-electron chi connectivity index (χ2n) is 7.88. The van der Waals surface area contributed by atoms with Gasteiger partial charge in [0.05, 0.1) is 10.9 Å². The van der Waals surface area contributed by atoms with Crippen molar-refractivity contribution < 1.29 is 9.59 Å². The van der Waals surface area contributed by atoms with E-state index < -0.39 is 0 Å². The first-order valence-corrected chi connectivity index (χ1v) is 10.7. The van der Waals surface area contributed by atoms with Crippen LogP contribution in [-0.4, -0.2) is 45.8 Å². The van der Waals surface area contributed by atoms with Gasteiger partial charge in [0.15, 0.2) is 0 Å². The molecule has 4 rings (SSSR count). The number of likely N-dealkylation sites (tertiary alicyclic amines) is 1. The number of hydrogen-bond acceptors (Lipinski definition) is 4. The molecule has 1 aliphatic heterocycles. The lowest BCUT2D eigenvalue weighted by molar-refractivity contribution is -0.132. The molecule has 0 aliphatic carbocycles. The van der Waals surface area contributed by atoms with Crippen molar-refractivity contribution >= 4 is 22.7 Å². The van der Waals surface area contributed by atoms with Gasteiger partial charge in [-0.15, -0.1) is 0 Å². The number of hydrogen-bond donors (Lipinski definition) is 2. The Morgan fingerprint density at radius 3 is 2.52 bits per heavy atom. The highest BCUT2D eigenvalue weighted by atomic mass is 16.2. The first-order valence-electron chi connectivity index (χ1n) is 10.7. The number of piperidine rings is 1. The molecule has 1 fully saturated rings. The van der Waals surface area contributed by atoms with Crippen molar-refractivity contribution in [1.29, 1.82) is 0 Å². The Labute approximate surface area is 180 Å². The van der Waals surface area contributed by atoms with E-state index in [9.17, 15) is 14.4 Å². The Morgan fingerprint density at radius 1 is 1.03 bits per heavy atom. The number of aromatic nitrogens is 2. The molecule has 2 N–H and O–H groups in total. The summed E-state index contributed by atoms with van der Waals surface area (Å²) in [7, 11) is 0. The van der Waals surface area contributed by atoms with E-state index in [1.165, 1.54) is 0 Å². The molecule has 0 atom stereocenters. The lowest BCUT2D eigenvalue weighted by atomic mass is 10.0. The standard InChI is InChI=1S/C24H26N4O3/c29-22(12-6-11-21-26-20-10-5-4-9-19(20)24(31)27-21)28-15-13-18(14-16-28)25-23(30)17-7-2-1-3-8-17/h1-5,7-10,18H,6,11-16H2,(H,25,30)(H,26,27,31). The molecule has 31 heavy (non-hydrogen) atoms. The van der Waals surface area contributed by atoms with Gasteiger partial charge >= 0.3 is 0 Å². The lowest BCUT2D eigenvalue weighted by Crippen LogP contribution is -2.46. The maximum atomic E-state index is 12.6. The van der Waals surface area contributed by atoms with Gasteiger partial charge in [0.25, 0.3) is 11.5 Å². The molecule has 0 saturated carbocycles. The minimum atomic E-state index is -0.147. The zero-order valence-corrected chi connectivity index (χ0v) is 17.3. The normalized spacial score (nSPS) is 14.5. The maximum absolute atomic E-state index is 12.6. The quantitative estimate of drug-likeness (QED) is 0.643. The number of H-pyrrole nitrogens is 1. The molecule has 2 amide bonds. The number of aromatic amines is 1. The largest absolute Gasteiger partial charge is 0.349 e. The Hall–Kier alpha value is -3.48. The van der Waals surface area contributed by atoms with Crippen LogP contribution in [-0.2, 0) is 11.2 Å². The number of nitrogens with zero attached hydrogens (tertiary/aromatic N) is 2. The number of amides is 2. The number of para-hydroxylation sites is 1. The minimum absolute atomic E-state index is 0.0674. The van der Waals surface area contributed by atoms with Crippen molar-refractivity contribution in [2.75, 3.05) is 13.1 Å². The highest BCUT2D eigenvalue weighted by molar-refractivity contribution is 5.94. The first-order chi connectivity index (χ1) is 15.1. The third kappa shape index (κ3) is 5.17. The Kier molecular flexibility index (Phi) is 6.40. The molecule has 7 heteroatoms. The molecule has 2 aromatic carbocycles. The number of benzene rings is 2. The average Bonchev–Trinajstić information content (AvgIpc) is 2.80. The predicted octanol–water partition coefficient (Wildman–Crippen LogP) is 2.67. The molecule has 0 radical (unpaired) electrons. The van der Waals surface area contributed by atoms with Crippen LogP contribution in [0.25, 0.3) is 10.9 Å². The minimum Gasteiger partial charge on any atom is -0.349 e. The Morgan fingerprint density at radius 2 is 1.74 bits per heavy atom. The number of nitrogens with one attached hydrogen (secondary N) is 2. The molecular formula is C24H26N4O3. The van der Waals surface area contributed by atoms with Crippen molar-refractivity contribution in [2.24, 2.45) is 0 Å². The molecule has 160 valence electrons. The molecule has 0 spiro atoms. The van der Waals surface area contributed by atoms with Crippen LogP contribution in [0.4, 0.5) is 0 Å². The van der Waals surface area contributed by atoms with Crippen molar-refractivity contribution in [2.45, 2.75) is 38.1 Å². The molecular weight excluding hydrogens is 392 g/mol. The van der Waals surface area contributed by atoms with Crippen LogP contribution in [0, 0.1) is 0 Å². The monoisotopic (exact) mass is 418 g/mol. The number of rotatable bonds is 6. The van der Waals surface area contributed by atoms with Crippen LogP contribution in [0.3, 0.4) is 0 Å². The van der Waals surface area contributed by atoms with Gasteiger partial charge < -0.3 is 15.2 Å². The summed E-state index contributed by atoms with van der Waals surface area (Å²) < 4.78 is 0. The van der Waals surface area contributed by atoms with E-state index in [-0.39, 0.29) is 23.4 Å². The third-order valence-corrected chi connectivity index (χ3v) is 5.68. The molecule has 2 heterocycles. The fraction of sp³-hybridized carbons (Fsp3) is 0.333. The molecule has 7 nitrogen and oxygen atoms in total. The molecule has 1 aromatic heterocycles. The lowest BCUT2D eigenvalue weighted by Gasteiger charge is -2.32. The van der Waals surface area contributed by atoms with E-state index in [1.54, 1.807) is 18.2 Å². The first kappa shape index (κ1) is 20.8. The van der Waals surface area contributed by atoms with Crippen molar-refractivity contribution in [3.8, 4) is 0 Å². The van der Waals surface area contributed by atoms with E-state index in [4.69, 9.17) is 0 Å². The average molecular weight is 418 g/mol. The van der Waals surface area contributed by atoms with E-state index >= 15 is 0 Å². The van der Waals surface area contributed by atoms with Gasteiger partial charge in [-0.05, 0) is 43.5 Å². The van der Waals surface area contributed by atoms with Crippen LogP contribution in [0.15, 0.2) is 59.4 Å². The van der Waals surface area contributed by atoms with Gasteiger partial charge in [0, 0.05) is 37.5 Å². The van der Waals surface area contributed by atoms with Crippen LogP contribution in [0.1, 0.15) is 41.9 Å². The topological polar surface area (TPSA) is 95.2 Å². The van der Waals surface area contributed by atoms with Crippen LogP contribution in [0.5, 0.6) is 0 Å². The maximum Gasteiger partial charge on any atom is 0.258 e. The van der Waals surface area contributed by atoms with Crippen LogP contribution in [0.2, 0.25) is 0 Å².